The number of aryl methyl sites for hydroxylation is 1. The molecule has 0 saturated carbocycles. The minimum atomic E-state index is -4.61. The summed E-state index contributed by atoms with van der Waals surface area (Å²) in [5.74, 6) is -0.888. The number of carbonyl (C=O) groups excluding carboxylic acids is 1. The minimum absolute atomic E-state index is 0.314. The molecule has 0 spiro atoms. The Morgan fingerprint density at radius 3 is 2.37 bits per heavy atom. The summed E-state index contributed by atoms with van der Waals surface area (Å²) in [5, 5.41) is 13.9. The van der Waals surface area contributed by atoms with Gasteiger partial charge >= 0.3 is 6.18 Å². The number of aromatic nitrogens is 2. The molecule has 1 amide bonds. The van der Waals surface area contributed by atoms with Gasteiger partial charge in [0, 0.05) is 11.9 Å². The van der Waals surface area contributed by atoms with Crippen molar-refractivity contribution in [3.63, 3.8) is 0 Å². The molecule has 0 aliphatic carbocycles. The third-order valence-corrected chi connectivity index (χ3v) is 4.52. The number of benzene rings is 2. The van der Waals surface area contributed by atoms with Gasteiger partial charge in [-0.1, -0.05) is 30.3 Å². The molecule has 0 radical (unpaired) electrons. The summed E-state index contributed by atoms with van der Waals surface area (Å²) >= 11 is 0. The summed E-state index contributed by atoms with van der Waals surface area (Å²) in [6.45, 7) is -0.734. The topological polar surface area (TPSA) is 79.0 Å². The molecule has 1 heterocycles. The number of hydrogen-bond donors (Lipinski definition) is 0. The van der Waals surface area contributed by atoms with Gasteiger partial charge in [-0.3, -0.25) is 9.59 Å². The summed E-state index contributed by atoms with van der Waals surface area (Å²) in [6, 6.07) is 14.5. The van der Waals surface area contributed by atoms with E-state index in [1.54, 1.807) is 31.2 Å². The van der Waals surface area contributed by atoms with E-state index in [-0.39, 0.29) is 6.54 Å². The van der Waals surface area contributed by atoms with E-state index >= 15 is 0 Å². The van der Waals surface area contributed by atoms with Crippen molar-refractivity contribution >= 4 is 16.7 Å². The van der Waals surface area contributed by atoms with Crippen LogP contribution in [0, 0.1) is 18.3 Å². The lowest BCUT2D eigenvalue weighted by molar-refractivity contribution is -0.163. The lowest BCUT2D eigenvalue weighted by Gasteiger charge is -2.24. The first-order chi connectivity index (χ1) is 14.2. The average molecular weight is 414 g/mol. The molecule has 2 aromatic carbocycles. The van der Waals surface area contributed by atoms with Crippen LogP contribution in [-0.2, 0) is 17.9 Å². The molecule has 0 fully saturated rings. The molecule has 9 heteroatoms. The molecule has 0 aliphatic heterocycles. The third-order valence-electron chi connectivity index (χ3n) is 4.52. The van der Waals surface area contributed by atoms with Crippen molar-refractivity contribution in [2.75, 3.05) is 6.54 Å². The maximum absolute atomic E-state index is 13.1. The fraction of sp³-hybridized carbons (Fsp3) is 0.238. The molecule has 1 aromatic heterocycles. The summed E-state index contributed by atoms with van der Waals surface area (Å²) in [6.07, 6.45) is -4.61. The maximum atomic E-state index is 13.1. The van der Waals surface area contributed by atoms with Crippen molar-refractivity contribution < 1.29 is 18.0 Å². The Balaban J connectivity index is 1.89. The van der Waals surface area contributed by atoms with Crippen molar-refractivity contribution in [3.05, 3.63) is 75.7 Å². The van der Waals surface area contributed by atoms with Crippen LogP contribution in [-0.4, -0.2) is 33.3 Å². The molecule has 0 saturated heterocycles. The highest BCUT2D eigenvalue weighted by Crippen LogP contribution is 2.19. The third kappa shape index (κ3) is 4.84. The Bertz CT molecular complexity index is 1180. The molecule has 6 nitrogen and oxygen atoms in total. The molecular weight excluding hydrogens is 397 g/mol. The SMILES string of the molecule is Cc1nn(CC(=O)N(Cc2ccc(C#N)cc2)CC(F)(F)F)c(=O)c2ccccc12. The first kappa shape index (κ1) is 21.0. The smallest absolute Gasteiger partial charge is 0.328 e. The zero-order valence-electron chi connectivity index (χ0n) is 16.0. The van der Waals surface area contributed by atoms with E-state index in [2.05, 4.69) is 5.10 Å². The van der Waals surface area contributed by atoms with Crippen molar-refractivity contribution in [2.24, 2.45) is 0 Å². The fourth-order valence-electron chi connectivity index (χ4n) is 3.09. The number of rotatable bonds is 5. The largest absolute Gasteiger partial charge is 0.406 e. The molecule has 0 atom stereocenters. The highest BCUT2D eigenvalue weighted by Gasteiger charge is 2.33. The molecule has 154 valence electrons. The molecule has 3 rings (SSSR count). The lowest BCUT2D eigenvalue weighted by atomic mass is 10.1. The Morgan fingerprint density at radius 2 is 1.77 bits per heavy atom. The number of amides is 1. The van der Waals surface area contributed by atoms with E-state index in [0.717, 1.165) is 4.68 Å². The Hall–Kier alpha value is -3.67. The van der Waals surface area contributed by atoms with Crippen molar-refractivity contribution in [2.45, 2.75) is 26.2 Å². The van der Waals surface area contributed by atoms with Crippen LogP contribution in [0.1, 0.15) is 16.8 Å². The molecule has 0 unspecified atom stereocenters. The first-order valence-corrected chi connectivity index (χ1v) is 8.98. The van der Waals surface area contributed by atoms with E-state index < -0.39 is 30.7 Å². The summed E-state index contributed by atoms with van der Waals surface area (Å²) in [5.41, 5.74) is 0.735. The second-order valence-electron chi connectivity index (χ2n) is 6.77. The van der Waals surface area contributed by atoms with Crippen molar-refractivity contribution in [1.82, 2.24) is 14.7 Å². The molecular formula is C21H17F3N4O2. The van der Waals surface area contributed by atoms with Crippen LogP contribution >= 0.6 is 0 Å². The van der Waals surface area contributed by atoms with Gasteiger partial charge in [0.2, 0.25) is 5.91 Å². The second-order valence-corrected chi connectivity index (χ2v) is 6.77. The van der Waals surface area contributed by atoms with Gasteiger partial charge in [-0.25, -0.2) is 4.68 Å². The predicted molar refractivity (Wildman–Crippen MR) is 103 cm³/mol. The van der Waals surface area contributed by atoms with E-state index in [1.807, 2.05) is 6.07 Å². The van der Waals surface area contributed by atoms with E-state index in [9.17, 15) is 22.8 Å². The molecule has 0 bridgehead atoms. The Kier molecular flexibility index (Phi) is 5.87. The lowest BCUT2D eigenvalue weighted by Crippen LogP contribution is -2.42. The van der Waals surface area contributed by atoms with E-state index in [4.69, 9.17) is 5.26 Å². The van der Waals surface area contributed by atoms with Crippen LogP contribution in [0.15, 0.2) is 53.3 Å². The monoisotopic (exact) mass is 414 g/mol. The quantitative estimate of drug-likeness (QED) is 0.643. The number of carbonyl (C=O) groups is 1. The summed E-state index contributed by atoms with van der Waals surface area (Å²) in [4.78, 5) is 25.9. The second kappa shape index (κ2) is 8.37. The number of nitrogens with zero attached hydrogens (tertiary/aromatic N) is 4. The van der Waals surface area contributed by atoms with Gasteiger partial charge in [0.05, 0.1) is 22.7 Å². The minimum Gasteiger partial charge on any atom is -0.328 e. The predicted octanol–water partition coefficient (Wildman–Crippen LogP) is 3.17. The summed E-state index contributed by atoms with van der Waals surface area (Å²) < 4.78 is 40.1. The highest BCUT2D eigenvalue weighted by atomic mass is 19.4. The molecule has 3 aromatic rings. The van der Waals surface area contributed by atoms with Crippen LogP contribution in [0.2, 0.25) is 0 Å². The number of hydrogen-bond acceptors (Lipinski definition) is 4. The van der Waals surface area contributed by atoms with Gasteiger partial charge in [-0.15, -0.1) is 0 Å². The van der Waals surface area contributed by atoms with Gasteiger partial charge in [0.15, 0.2) is 0 Å². The van der Waals surface area contributed by atoms with Gasteiger partial charge < -0.3 is 4.90 Å². The van der Waals surface area contributed by atoms with Crippen LogP contribution in [0.3, 0.4) is 0 Å². The van der Waals surface area contributed by atoms with Gasteiger partial charge in [0.1, 0.15) is 13.1 Å². The molecule has 0 N–H and O–H groups in total. The number of alkyl halides is 3. The zero-order valence-corrected chi connectivity index (χ0v) is 16.0. The van der Waals surface area contributed by atoms with Gasteiger partial charge in [-0.05, 0) is 30.7 Å². The Morgan fingerprint density at radius 1 is 1.13 bits per heavy atom. The zero-order chi connectivity index (χ0) is 21.9. The summed E-state index contributed by atoms with van der Waals surface area (Å²) in [7, 11) is 0. The van der Waals surface area contributed by atoms with Crippen LogP contribution in [0.5, 0.6) is 0 Å². The first-order valence-electron chi connectivity index (χ1n) is 8.98. The Labute approximate surface area is 169 Å². The van der Waals surface area contributed by atoms with Crippen LogP contribution in [0.4, 0.5) is 13.2 Å². The van der Waals surface area contributed by atoms with Gasteiger partial charge in [0.25, 0.3) is 5.56 Å². The normalized spacial score (nSPS) is 11.3. The highest BCUT2D eigenvalue weighted by molar-refractivity contribution is 5.83. The maximum Gasteiger partial charge on any atom is 0.406 e. The van der Waals surface area contributed by atoms with E-state index in [1.165, 1.54) is 24.3 Å². The number of halogens is 3. The van der Waals surface area contributed by atoms with Crippen molar-refractivity contribution in [1.29, 1.82) is 5.26 Å². The van der Waals surface area contributed by atoms with Gasteiger partial charge in [-0.2, -0.15) is 23.5 Å². The standard InChI is InChI=1S/C21H17F3N4O2/c1-14-17-4-2-3-5-18(17)20(30)28(26-14)12-19(29)27(13-21(22,23)24)11-16-8-6-15(10-25)7-9-16/h2-9H,11-13H2,1H3. The number of fused-ring (bicyclic) bond motifs is 1. The fourth-order valence-corrected chi connectivity index (χ4v) is 3.09. The molecule has 30 heavy (non-hydrogen) atoms. The van der Waals surface area contributed by atoms with Crippen molar-refractivity contribution in [3.8, 4) is 6.07 Å². The average Bonchev–Trinajstić information content (AvgIpc) is 2.71. The van der Waals surface area contributed by atoms with Crippen LogP contribution in [0.25, 0.3) is 10.8 Å². The molecule has 0 aliphatic rings. The van der Waals surface area contributed by atoms with Crippen LogP contribution < -0.4 is 5.56 Å². The number of nitriles is 1. The van der Waals surface area contributed by atoms with E-state index in [0.29, 0.717) is 32.5 Å².